The Kier molecular flexibility index (Phi) is 5.70. The standard InChI is InChI=1S/C13H22BrN3O2/c1-6-13(2,19-5)12(18)11-10(14)9-15-17(11)8-7-16(3)4/h9H,6-8H2,1-5H3. The number of carbonyl (C=O) groups is 1. The molecule has 0 bridgehead atoms. The molecule has 0 aliphatic heterocycles. The zero-order chi connectivity index (χ0) is 14.6. The number of nitrogens with zero attached hydrogens (tertiary/aromatic N) is 3. The maximum Gasteiger partial charge on any atom is 0.213 e. The fourth-order valence-electron chi connectivity index (χ4n) is 1.70. The zero-order valence-corrected chi connectivity index (χ0v) is 13.8. The summed E-state index contributed by atoms with van der Waals surface area (Å²) in [6, 6.07) is 0. The van der Waals surface area contributed by atoms with Gasteiger partial charge in [0.1, 0.15) is 11.3 Å². The Morgan fingerprint density at radius 3 is 2.68 bits per heavy atom. The first-order valence-corrected chi connectivity index (χ1v) is 7.11. The fourth-order valence-corrected chi connectivity index (χ4v) is 2.18. The molecule has 19 heavy (non-hydrogen) atoms. The van der Waals surface area contributed by atoms with Gasteiger partial charge >= 0.3 is 0 Å². The van der Waals surface area contributed by atoms with Crippen LogP contribution in [0.3, 0.4) is 0 Å². The zero-order valence-electron chi connectivity index (χ0n) is 12.2. The maximum absolute atomic E-state index is 12.6. The van der Waals surface area contributed by atoms with Crippen molar-refractivity contribution >= 4 is 21.7 Å². The molecule has 1 heterocycles. The first-order valence-electron chi connectivity index (χ1n) is 6.31. The van der Waals surface area contributed by atoms with Gasteiger partial charge in [-0.2, -0.15) is 5.10 Å². The SMILES string of the molecule is CCC(C)(OC)C(=O)c1c(Br)cnn1CCN(C)C. The number of hydrogen-bond donors (Lipinski definition) is 0. The number of hydrogen-bond acceptors (Lipinski definition) is 4. The highest BCUT2D eigenvalue weighted by Gasteiger charge is 2.35. The van der Waals surface area contributed by atoms with Crippen molar-refractivity contribution in [1.82, 2.24) is 14.7 Å². The van der Waals surface area contributed by atoms with E-state index in [0.717, 1.165) is 6.54 Å². The van der Waals surface area contributed by atoms with Gasteiger partial charge in [0, 0.05) is 13.7 Å². The van der Waals surface area contributed by atoms with Crippen LogP contribution < -0.4 is 0 Å². The van der Waals surface area contributed by atoms with E-state index in [2.05, 4.69) is 25.9 Å². The molecule has 0 spiro atoms. The lowest BCUT2D eigenvalue weighted by Crippen LogP contribution is -2.38. The lowest BCUT2D eigenvalue weighted by molar-refractivity contribution is 0.00959. The summed E-state index contributed by atoms with van der Waals surface area (Å²) in [5.74, 6) is -0.0411. The summed E-state index contributed by atoms with van der Waals surface area (Å²) in [6.07, 6.45) is 2.28. The minimum absolute atomic E-state index is 0.0411. The molecule has 0 fully saturated rings. The highest BCUT2D eigenvalue weighted by molar-refractivity contribution is 9.10. The van der Waals surface area contributed by atoms with Crippen LogP contribution >= 0.6 is 15.9 Å². The molecule has 0 saturated heterocycles. The number of ketones is 1. The number of likely N-dealkylation sites (N-methyl/N-ethyl adjacent to an activating group) is 1. The average Bonchev–Trinajstić information content (AvgIpc) is 2.75. The molecule has 0 amide bonds. The van der Waals surface area contributed by atoms with Crippen molar-refractivity contribution in [3.05, 3.63) is 16.4 Å². The van der Waals surface area contributed by atoms with Crippen molar-refractivity contribution in [2.45, 2.75) is 32.4 Å². The van der Waals surface area contributed by atoms with Crippen LogP contribution in [0.1, 0.15) is 30.8 Å². The minimum Gasteiger partial charge on any atom is -0.370 e. The van der Waals surface area contributed by atoms with E-state index in [1.54, 1.807) is 18.0 Å². The molecule has 1 rings (SSSR count). The number of ether oxygens (including phenoxy) is 1. The molecule has 1 aromatic heterocycles. The summed E-state index contributed by atoms with van der Waals surface area (Å²) in [7, 11) is 5.55. The summed E-state index contributed by atoms with van der Waals surface area (Å²) in [4.78, 5) is 14.7. The Morgan fingerprint density at radius 2 is 2.21 bits per heavy atom. The van der Waals surface area contributed by atoms with Gasteiger partial charge in [0.2, 0.25) is 5.78 Å². The third-order valence-corrected chi connectivity index (χ3v) is 3.95. The van der Waals surface area contributed by atoms with Crippen molar-refractivity contribution < 1.29 is 9.53 Å². The molecule has 0 radical (unpaired) electrons. The van der Waals surface area contributed by atoms with E-state index in [1.807, 2.05) is 27.9 Å². The first kappa shape index (κ1) is 16.3. The van der Waals surface area contributed by atoms with E-state index in [9.17, 15) is 4.79 Å². The van der Waals surface area contributed by atoms with Gasteiger partial charge in [-0.05, 0) is 43.4 Å². The predicted octanol–water partition coefficient (Wildman–Crippen LogP) is 2.21. The Balaban J connectivity index is 3.05. The molecule has 0 saturated carbocycles. The maximum atomic E-state index is 12.6. The molecule has 0 aliphatic rings. The van der Waals surface area contributed by atoms with Gasteiger partial charge in [0.05, 0.1) is 17.2 Å². The molecule has 6 heteroatoms. The molecule has 0 aromatic carbocycles. The number of aromatic nitrogens is 2. The highest BCUT2D eigenvalue weighted by Crippen LogP contribution is 2.25. The normalized spacial score (nSPS) is 14.7. The van der Waals surface area contributed by atoms with Crippen molar-refractivity contribution in [1.29, 1.82) is 0 Å². The van der Waals surface area contributed by atoms with E-state index in [0.29, 0.717) is 23.1 Å². The van der Waals surface area contributed by atoms with Crippen LogP contribution in [-0.4, -0.2) is 53.8 Å². The molecule has 5 nitrogen and oxygen atoms in total. The summed E-state index contributed by atoms with van der Waals surface area (Å²) in [6.45, 7) is 5.24. The quantitative estimate of drug-likeness (QED) is 0.718. The molecule has 1 unspecified atom stereocenters. The van der Waals surface area contributed by atoms with Crippen LogP contribution in [0.15, 0.2) is 10.7 Å². The molecule has 1 atom stereocenters. The summed E-state index contributed by atoms with van der Waals surface area (Å²) in [5.41, 5.74) is -0.230. The number of Topliss-reactive ketones (excluding diaryl/α,β-unsaturated/α-hetero) is 1. The first-order chi connectivity index (χ1) is 8.85. The smallest absolute Gasteiger partial charge is 0.213 e. The number of rotatable bonds is 7. The molecule has 0 aliphatic carbocycles. The molecular weight excluding hydrogens is 310 g/mol. The largest absolute Gasteiger partial charge is 0.370 e. The monoisotopic (exact) mass is 331 g/mol. The lowest BCUT2D eigenvalue weighted by Gasteiger charge is -2.25. The van der Waals surface area contributed by atoms with Crippen LogP contribution in [0.2, 0.25) is 0 Å². The highest BCUT2D eigenvalue weighted by atomic mass is 79.9. The van der Waals surface area contributed by atoms with Gasteiger partial charge in [-0.1, -0.05) is 6.92 Å². The van der Waals surface area contributed by atoms with E-state index >= 15 is 0 Å². The van der Waals surface area contributed by atoms with Crippen LogP contribution in [0.25, 0.3) is 0 Å². The fraction of sp³-hybridized carbons (Fsp3) is 0.692. The molecule has 0 N–H and O–H groups in total. The third kappa shape index (κ3) is 3.64. The number of carbonyl (C=O) groups excluding carboxylic acids is 1. The Hall–Kier alpha value is -0.720. The number of methoxy groups -OCH3 is 1. The van der Waals surface area contributed by atoms with Gasteiger partial charge in [-0.25, -0.2) is 0 Å². The summed E-state index contributed by atoms with van der Waals surface area (Å²) >= 11 is 3.40. The predicted molar refractivity (Wildman–Crippen MR) is 78.5 cm³/mol. The van der Waals surface area contributed by atoms with Gasteiger partial charge in [0.25, 0.3) is 0 Å². The van der Waals surface area contributed by atoms with Gasteiger partial charge < -0.3 is 9.64 Å². The van der Waals surface area contributed by atoms with Crippen LogP contribution in [0.5, 0.6) is 0 Å². The van der Waals surface area contributed by atoms with Crippen LogP contribution in [0, 0.1) is 0 Å². The second-order valence-corrected chi connectivity index (χ2v) is 5.84. The van der Waals surface area contributed by atoms with Gasteiger partial charge in [-0.15, -0.1) is 0 Å². The van der Waals surface area contributed by atoms with Crippen molar-refractivity contribution in [3.8, 4) is 0 Å². The minimum atomic E-state index is -0.807. The third-order valence-electron chi connectivity index (χ3n) is 3.37. The Bertz CT molecular complexity index is 439. The molecular formula is C13H22BrN3O2. The van der Waals surface area contributed by atoms with Crippen molar-refractivity contribution in [2.75, 3.05) is 27.7 Å². The molecule has 108 valence electrons. The average molecular weight is 332 g/mol. The van der Waals surface area contributed by atoms with Gasteiger partial charge in [0.15, 0.2) is 0 Å². The van der Waals surface area contributed by atoms with Crippen LogP contribution in [-0.2, 0) is 11.3 Å². The Morgan fingerprint density at radius 1 is 1.58 bits per heavy atom. The second-order valence-electron chi connectivity index (χ2n) is 4.99. The second kappa shape index (κ2) is 6.63. The summed E-state index contributed by atoms with van der Waals surface area (Å²) < 4.78 is 7.84. The van der Waals surface area contributed by atoms with Gasteiger partial charge in [-0.3, -0.25) is 9.48 Å². The number of halogens is 1. The van der Waals surface area contributed by atoms with Crippen LogP contribution in [0.4, 0.5) is 0 Å². The van der Waals surface area contributed by atoms with Crippen molar-refractivity contribution in [2.24, 2.45) is 0 Å². The van der Waals surface area contributed by atoms with E-state index < -0.39 is 5.60 Å². The Labute approximate surface area is 123 Å². The summed E-state index contributed by atoms with van der Waals surface area (Å²) in [5, 5.41) is 4.26. The van der Waals surface area contributed by atoms with E-state index in [1.165, 1.54) is 0 Å². The van der Waals surface area contributed by atoms with E-state index in [-0.39, 0.29) is 5.78 Å². The van der Waals surface area contributed by atoms with Crippen molar-refractivity contribution in [3.63, 3.8) is 0 Å². The lowest BCUT2D eigenvalue weighted by atomic mass is 9.95. The van der Waals surface area contributed by atoms with E-state index in [4.69, 9.17) is 4.74 Å². The topological polar surface area (TPSA) is 47.4 Å². The molecule has 1 aromatic rings.